The third kappa shape index (κ3) is 2.03. The number of rotatable bonds is 0. The Hall–Kier alpha value is -1.03. The Morgan fingerprint density at radius 3 is 2.50 bits per heavy atom. The number of carbonyl (C=O) groups excluding carboxylic acids is 1. The predicted octanol–water partition coefficient (Wildman–Crippen LogP) is 3.91. The van der Waals surface area contributed by atoms with Gasteiger partial charge in [0, 0.05) is 4.47 Å². The molecule has 0 atom stereocenters. The van der Waals surface area contributed by atoms with Crippen molar-refractivity contribution in [3.63, 3.8) is 0 Å². The normalized spacial score (nSPS) is 21.7. The Balaban J connectivity index is 1.95. The third-order valence-corrected chi connectivity index (χ3v) is 4.49. The molecule has 1 aromatic carbocycles. The summed E-state index contributed by atoms with van der Waals surface area (Å²) in [5.41, 5.74) is 1.54. The van der Waals surface area contributed by atoms with Gasteiger partial charge in [0.25, 0.3) is 0 Å². The lowest BCUT2D eigenvalue weighted by Gasteiger charge is -2.38. The van der Waals surface area contributed by atoms with Crippen LogP contribution in [0.5, 0.6) is 0 Å². The lowest BCUT2D eigenvalue weighted by atomic mass is 9.87. The van der Waals surface area contributed by atoms with Crippen molar-refractivity contribution in [2.45, 2.75) is 44.1 Å². The summed E-state index contributed by atoms with van der Waals surface area (Å²) in [5.74, 6) is 0.134. The molecule has 3 rings (SSSR count). The third-order valence-electron chi connectivity index (χ3n) is 4.00. The van der Waals surface area contributed by atoms with Crippen LogP contribution in [0, 0.1) is 0 Å². The summed E-state index contributed by atoms with van der Waals surface area (Å²) in [5, 5.41) is 6.55. The molecule has 0 bridgehead atoms. The quantitative estimate of drug-likeness (QED) is 0.763. The number of hydrogen-bond donors (Lipinski definition) is 2. The molecule has 0 aromatic heterocycles. The molecule has 1 aromatic rings. The van der Waals surface area contributed by atoms with Crippen LogP contribution in [0.4, 0.5) is 11.4 Å². The van der Waals surface area contributed by atoms with Gasteiger partial charge in [-0.25, -0.2) is 0 Å². The lowest BCUT2D eigenvalue weighted by Crippen LogP contribution is -2.52. The van der Waals surface area contributed by atoms with E-state index in [1.165, 1.54) is 12.8 Å². The minimum absolute atomic E-state index is 0.134. The highest BCUT2D eigenvalue weighted by Gasteiger charge is 2.41. The molecule has 0 saturated heterocycles. The van der Waals surface area contributed by atoms with Gasteiger partial charge in [0.05, 0.1) is 11.4 Å². The van der Waals surface area contributed by atoms with E-state index >= 15 is 0 Å². The molecule has 0 unspecified atom stereocenters. The van der Waals surface area contributed by atoms with Gasteiger partial charge in [-0.15, -0.1) is 0 Å². The van der Waals surface area contributed by atoms with Crippen LogP contribution >= 0.6 is 15.9 Å². The smallest absolute Gasteiger partial charge is 0.250 e. The van der Waals surface area contributed by atoms with E-state index in [0.29, 0.717) is 0 Å². The van der Waals surface area contributed by atoms with Gasteiger partial charge in [0.2, 0.25) is 5.91 Å². The number of anilines is 2. The van der Waals surface area contributed by atoms with E-state index in [4.69, 9.17) is 0 Å². The summed E-state index contributed by atoms with van der Waals surface area (Å²) in [6.45, 7) is 0. The zero-order valence-electron chi connectivity index (χ0n) is 10.3. The van der Waals surface area contributed by atoms with E-state index in [0.717, 1.165) is 41.5 Å². The maximum absolute atomic E-state index is 12.4. The molecule has 1 amide bonds. The number of fused-ring (bicyclic) bond motifs is 1. The molecule has 96 valence electrons. The Morgan fingerprint density at radius 1 is 1.06 bits per heavy atom. The molecular weight excluding hydrogens is 292 g/mol. The number of carbonyl (C=O) groups is 1. The van der Waals surface area contributed by atoms with Crippen molar-refractivity contribution in [1.29, 1.82) is 0 Å². The van der Waals surface area contributed by atoms with Crippen LogP contribution in [0.15, 0.2) is 22.7 Å². The van der Waals surface area contributed by atoms with E-state index in [1.807, 2.05) is 18.2 Å². The van der Waals surface area contributed by atoms with Gasteiger partial charge in [-0.2, -0.15) is 0 Å². The van der Waals surface area contributed by atoms with Gasteiger partial charge in [-0.05, 0) is 31.0 Å². The predicted molar refractivity (Wildman–Crippen MR) is 76.8 cm³/mol. The van der Waals surface area contributed by atoms with E-state index in [2.05, 4.69) is 26.6 Å². The summed E-state index contributed by atoms with van der Waals surface area (Å²) in [6.07, 6.45) is 6.62. The van der Waals surface area contributed by atoms with Crippen LogP contribution in [-0.2, 0) is 4.79 Å². The molecule has 18 heavy (non-hydrogen) atoms. The van der Waals surface area contributed by atoms with Crippen molar-refractivity contribution in [1.82, 2.24) is 0 Å². The van der Waals surface area contributed by atoms with Crippen LogP contribution in [0.3, 0.4) is 0 Å². The first-order valence-electron chi connectivity index (χ1n) is 6.59. The van der Waals surface area contributed by atoms with E-state index < -0.39 is 0 Å². The molecule has 1 fully saturated rings. The zero-order chi connectivity index (χ0) is 12.6. The fourth-order valence-corrected chi connectivity index (χ4v) is 3.33. The SMILES string of the molecule is O=C1Nc2cc(Br)ccc2NC12CCCCCC2. The molecular formula is C14H17BrN2O. The van der Waals surface area contributed by atoms with E-state index in [-0.39, 0.29) is 11.4 Å². The zero-order valence-corrected chi connectivity index (χ0v) is 11.8. The van der Waals surface area contributed by atoms with E-state index in [9.17, 15) is 4.79 Å². The summed E-state index contributed by atoms with van der Waals surface area (Å²) in [7, 11) is 0. The number of benzene rings is 1. The van der Waals surface area contributed by atoms with Crippen LogP contribution < -0.4 is 10.6 Å². The summed E-state index contributed by atoms with van der Waals surface area (Å²) in [6, 6.07) is 5.99. The van der Waals surface area contributed by atoms with Gasteiger partial charge < -0.3 is 10.6 Å². The summed E-state index contributed by atoms with van der Waals surface area (Å²) in [4.78, 5) is 12.4. The van der Waals surface area contributed by atoms with Gasteiger partial charge in [-0.1, -0.05) is 41.6 Å². The highest BCUT2D eigenvalue weighted by molar-refractivity contribution is 9.10. The van der Waals surface area contributed by atoms with Crippen molar-refractivity contribution in [3.05, 3.63) is 22.7 Å². The van der Waals surface area contributed by atoms with Crippen molar-refractivity contribution in [2.24, 2.45) is 0 Å². The molecule has 2 N–H and O–H groups in total. The molecule has 1 heterocycles. The number of halogens is 1. The maximum Gasteiger partial charge on any atom is 0.250 e. The van der Waals surface area contributed by atoms with Crippen LogP contribution in [0.25, 0.3) is 0 Å². The Labute approximate surface area is 115 Å². The Bertz CT molecular complexity index is 479. The fourth-order valence-electron chi connectivity index (χ4n) is 2.97. The minimum Gasteiger partial charge on any atom is -0.370 e. The van der Waals surface area contributed by atoms with Crippen molar-refractivity contribution in [3.8, 4) is 0 Å². The molecule has 0 radical (unpaired) electrons. The molecule has 4 heteroatoms. The number of nitrogens with one attached hydrogen (secondary N) is 2. The minimum atomic E-state index is -0.378. The van der Waals surface area contributed by atoms with Crippen LogP contribution in [0.2, 0.25) is 0 Å². The maximum atomic E-state index is 12.4. The molecule has 1 spiro atoms. The Kier molecular flexibility index (Phi) is 3.06. The lowest BCUT2D eigenvalue weighted by molar-refractivity contribution is -0.121. The van der Waals surface area contributed by atoms with Gasteiger partial charge in [-0.3, -0.25) is 4.79 Å². The standard InChI is InChI=1S/C14H17BrN2O/c15-10-5-6-11-12(9-10)16-13(18)14(17-11)7-3-1-2-4-8-14/h5-6,9,17H,1-4,7-8H2,(H,16,18). The first-order valence-corrected chi connectivity index (χ1v) is 7.38. The van der Waals surface area contributed by atoms with Crippen LogP contribution in [-0.4, -0.2) is 11.4 Å². The number of amides is 1. The first kappa shape index (κ1) is 12.0. The molecule has 3 nitrogen and oxygen atoms in total. The van der Waals surface area contributed by atoms with E-state index in [1.54, 1.807) is 0 Å². The van der Waals surface area contributed by atoms with Crippen molar-refractivity contribution >= 4 is 33.2 Å². The largest absolute Gasteiger partial charge is 0.370 e. The molecule has 2 aliphatic rings. The first-order chi connectivity index (χ1) is 8.70. The monoisotopic (exact) mass is 308 g/mol. The summed E-state index contributed by atoms with van der Waals surface area (Å²) < 4.78 is 0.986. The average Bonchev–Trinajstić information content (AvgIpc) is 2.58. The molecule has 1 aliphatic carbocycles. The molecule has 1 saturated carbocycles. The summed E-state index contributed by atoms with van der Waals surface area (Å²) >= 11 is 3.43. The second kappa shape index (κ2) is 4.57. The highest BCUT2D eigenvalue weighted by Crippen LogP contribution is 2.39. The Morgan fingerprint density at radius 2 is 1.78 bits per heavy atom. The second-order valence-electron chi connectivity index (χ2n) is 5.27. The second-order valence-corrected chi connectivity index (χ2v) is 6.18. The number of hydrogen-bond acceptors (Lipinski definition) is 2. The van der Waals surface area contributed by atoms with Gasteiger partial charge in [0.15, 0.2) is 0 Å². The highest BCUT2D eigenvalue weighted by atomic mass is 79.9. The van der Waals surface area contributed by atoms with Crippen molar-refractivity contribution < 1.29 is 4.79 Å². The van der Waals surface area contributed by atoms with Crippen molar-refractivity contribution in [2.75, 3.05) is 10.6 Å². The van der Waals surface area contributed by atoms with Gasteiger partial charge in [0.1, 0.15) is 5.54 Å². The van der Waals surface area contributed by atoms with Crippen LogP contribution in [0.1, 0.15) is 38.5 Å². The van der Waals surface area contributed by atoms with Gasteiger partial charge >= 0.3 is 0 Å². The molecule has 1 aliphatic heterocycles. The fraction of sp³-hybridized carbons (Fsp3) is 0.500. The average molecular weight is 309 g/mol. The topological polar surface area (TPSA) is 41.1 Å².